The minimum atomic E-state index is 0.257. The largest absolute Gasteiger partial charge is 0.409 e. The van der Waals surface area contributed by atoms with Gasteiger partial charge in [0.05, 0.1) is 6.10 Å². The van der Waals surface area contributed by atoms with E-state index < -0.39 is 0 Å². The molecule has 18 heavy (non-hydrogen) atoms. The first-order valence-corrected chi connectivity index (χ1v) is 6.99. The van der Waals surface area contributed by atoms with Crippen LogP contribution in [0.2, 0.25) is 0 Å². The Morgan fingerprint density at radius 3 is 2.61 bits per heavy atom. The number of piperidine rings is 1. The van der Waals surface area contributed by atoms with Gasteiger partial charge >= 0.3 is 0 Å². The van der Waals surface area contributed by atoms with Crippen LogP contribution in [-0.4, -0.2) is 48.3 Å². The van der Waals surface area contributed by atoms with Crippen molar-refractivity contribution in [1.82, 2.24) is 4.90 Å². The summed E-state index contributed by atoms with van der Waals surface area (Å²) in [6.07, 6.45) is 7.36. The fourth-order valence-corrected chi connectivity index (χ4v) is 3.31. The zero-order chi connectivity index (χ0) is 13.0. The highest BCUT2D eigenvalue weighted by atomic mass is 16.5. The monoisotopic (exact) mass is 255 g/mol. The van der Waals surface area contributed by atoms with Crippen molar-refractivity contribution in [1.29, 1.82) is 0 Å². The maximum absolute atomic E-state index is 8.70. The molecule has 1 saturated carbocycles. The van der Waals surface area contributed by atoms with Crippen molar-refractivity contribution < 1.29 is 9.94 Å². The molecule has 0 amide bonds. The van der Waals surface area contributed by atoms with E-state index in [0.29, 0.717) is 18.0 Å². The summed E-state index contributed by atoms with van der Waals surface area (Å²) in [5.41, 5.74) is 5.68. The SMILES string of the molecule is COC1CCCC(N2CCC(C(N)=NO)CC2)C1. The average Bonchev–Trinajstić information content (AvgIpc) is 2.46. The number of oxime groups is 1. The second kappa shape index (κ2) is 6.38. The summed E-state index contributed by atoms with van der Waals surface area (Å²) in [5.74, 6) is 0.654. The van der Waals surface area contributed by atoms with Gasteiger partial charge in [0, 0.05) is 19.1 Å². The first-order chi connectivity index (χ1) is 8.74. The van der Waals surface area contributed by atoms with Crippen LogP contribution in [0.25, 0.3) is 0 Å². The van der Waals surface area contributed by atoms with Gasteiger partial charge in [-0.05, 0) is 51.6 Å². The van der Waals surface area contributed by atoms with Crippen LogP contribution in [0.5, 0.6) is 0 Å². The van der Waals surface area contributed by atoms with E-state index in [1.54, 1.807) is 0 Å². The number of nitrogens with zero attached hydrogens (tertiary/aromatic N) is 2. The molecule has 2 fully saturated rings. The molecule has 0 radical (unpaired) electrons. The lowest BCUT2D eigenvalue weighted by atomic mass is 9.88. The lowest BCUT2D eigenvalue weighted by Crippen LogP contribution is -2.46. The first-order valence-electron chi connectivity index (χ1n) is 6.99. The molecule has 2 atom stereocenters. The summed E-state index contributed by atoms with van der Waals surface area (Å²) in [4.78, 5) is 2.56. The van der Waals surface area contributed by atoms with Crippen LogP contribution in [0.4, 0.5) is 0 Å². The molecule has 2 aliphatic rings. The van der Waals surface area contributed by atoms with Crippen LogP contribution in [0.1, 0.15) is 38.5 Å². The summed E-state index contributed by atoms with van der Waals surface area (Å²) in [5, 5.41) is 11.8. The number of hydrogen-bond acceptors (Lipinski definition) is 4. The third-order valence-electron chi connectivity index (χ3n) is 4.51. The number of methoxy groups -OCH3 is 1. The topological polar surface area (TPSA) is 71.1 Å². The molecule has 0 bridgehead atoms. The van der Waals surface area contributed by atoms with Crippen molar-refractivity contribution in [3.63, 3.8) is 0 Å². The third-order valence-corrected chi connectivity index (χ3v) is 4.51. The van der Waals surface area contributed by atoms with Crippen molar-refractivity contribution in [3.8, 4) is 0 Å². The highest BCUT2D eigenvalue weighted by Crippen LogP contribution is 2.28. The minimum Gasteiger partial charge on any atom is -0.409 e. The number of likely N-dealkylation sites (tertiary alicyclic amines) is 1. The Labute approximate surface area is 109 Å². The van der Waals surface area contributed by atoms with Crippen molar-refractivity contribution in [3.05, 3.63) is 0 Å². The molecule has 0 aromatic carbocycles. The maximum atomic E-state index is 8.70. The molecule has 0 spiro atoms. The lowest BCUT2D eigenvalue weighted by molar-refractivity contribution is 0.0204. The Hall–Kier alpha value is -0.810. The summed E-state index contributed by atoms with van der Waals surface area (Å²) >= 11 is 0. The molecule has 1 heterocycles. The Morgan fingerprint density at radius 2 is 2.00 bits per heavy atom. The first kappa shape index (κ1) is 13.6. The summed E-state index contributed by atoms with van der Waals surface area (Å²) in [6.45, 7) is 2.12. The third kappa shape index (κ3) is 3.14. The number of ether oxygens (including phenoxy) is 1. The molecule has 104 valence electrons. The number of nitrogens with two attached hydrogens (primary N) is 1. The lowest BCUT2D eigenvalue weighted by Gasteiger charge is -2.40. The van der Waals surface area contributed by atoms with Gasteiger partial charge in [-0.2, -0.15) is 0 Å². The van der Waals surface area contributed by atoms with Gasteiger partial charge in [-0.3, -0.25) is 0 Å². The Kier molecular flexibility index (Phi) is 4.83. The average molecular weight is 255 g/mol. The molecule has 5 nitrogen and oxygen atoms in total. The number of amidine groups is 1. The summed E-state index contributed by atoms with van der Waals surface area (Å²) in [6, 6.07) is 0.664. The van der Waals surface area contributed by atoms with E-state index in [4.69, 9.17) is 15.7 Å². The molecular weight excluding hydrogens is 230 g/mol. The van der Waals surface area contributed by atoms with Crippen LogP contribution in [-0.2, 0) is 4.74 Å². The second-order valence-corrected chi connectivity index (χ2v) is 5.51. The van der Waals surface area contributed by atoms with Crippen LogP contribution >= 0.6 is 0 Å². The Bertz CT molecular complexity index is 288. The van der Waals surface area contributed by atoms with Crippen LogP contribution < -0.4 is 5.73 Å². The molecule has 1 saturated heterocycles. The van der Waals surface area contributed by atoms with E-state index >= 15 is 0 Å². The zero-order valence-electron chi connectivity index (χ0n) is 11.2. The van der Waals surface area contributed by atoms with Gasteiger partial charge in [-0.1, -0.05) is 5.16 Å². The summed E-state index contributed by atoms with van der Waals surface area (Å²) in [7, 11) is 1.82. The van der Waals surface area contributed by atoms with Gasteiger partial charge in [0.1, 0.15) is 5.84 Å². The molecule has 0 aromatic heterocycles. The van der Waals surface area contributed by atoms with E-state index in [2.05, 4.69) is 10.1 Å². The van der Waals surface area contributed by atoms with Crippen molar-refractivity contribution in [2.75, 3.05) is 20.2 Å². The van der Waals surface area contributed by atoms with Crippen LogP contribution in [0, 0.1) is 5.92 Å². The van der Waals surface area contributed by atoms with Crippen molar-refractivity contribution in [2.45, 2.75) is 50.7 Å². The van der Waals surface area contributed by atoms with Gasteiger partial charge in [0.15, 0.2) is 0 Å². The number of rotatable bonds is 3. The minimum absolute atomic E-state index is 0.257. The molecule has 1 aliphatic carbocycles. The Morgan fingerprint density at radius 1 is 1.28 bits per heavy atom. The second-order valence-electron chi connectivity index (χ2n) is 5.51. The van der Waals surface area contributed by atoms with E-state index in [1.807, 2.05) is 7.11 Å². The molecule has 1 aliphatic heterocycles. The molecule has 0 aromatic rings. The van der Waals surface area contributed by atoms with Gasteiger partial charge in [-0.15, -0.1) is 0 Å². The van der Waals surface area contributed by atoms with E-state index in [1.165, 1.54) is 19.3 Å². The maximum Gasteiger partial charge on any atom is 0.142 e. The van der Waals surface area contributed by atoms with E-state index in [-0.39, 0.29) is 5.92 Å². The van der Waals surface area contributed by atoms with Gasteiger partial charge in [0.2, 0.25) is 0 Å². The quantitative estimate of drug-likeness (QED) is 0.346. The molecular formula is C13H25N3O2. The Balaban J connectivity index is 1.82. The van der Waals surface area contributed by atoms with E-state index in [0.717, 1.165) is 32.4 Å². The zero-order valence-corrected chi connectivity index (χ0v) is 11.2. The van der Waals surface area contributed by atoms with Gasteiger partial charge < -0.3 is 20.6 Å². The predicted octanol–water partition coefficient (Wildman–Crippen LogP) is 1.40. The normalized spacial score (nSPS) is 32.6. The smallest absolute Gasteiger partial charge is 0.142 e. The van der Waals surface area contributed by atoms with Gasteiger partial charge in [0.25, 0.3) is 0 Å². The van der Waals surface area contributed by atoms with Crippen LogP contribution in [0.15, 0.2) is 5.16 Å². The summed E-state index contributed by atoms with van der Waals surface area (Å²) < 4.78 is 5.49. The molecule has 5 heteroatoms. The van der Waals surface area contributed by atoms with Crippen molar-refractivity contribution in [2.24, 2.45) is 16.8 Å². The van der Waals surface area contributed by atoms with Gasteiger partial charge in [-0.25, -0.2) is 0 Å². The highest BCUT2D eigenvalue weighted by Gasteiger charge is 2.30. The molecule has 2 unspecified atom stereocenters. The number of hydrogen-bond donors (Lipinski definition) is 2. The molecule has 3 N–H and O–H groups in total. The predicted molar refractivity (Wildman–Crippen MR) is 70.8 cm³/mol. The fourth-order valence-electron chi connectivity index (χ4n) is 3.31. The van der Waals surface area contributed by atoms with E-state index in [9.17, 15) is 0 Å². The highest BCUT2D eigenvalue weighted by molar-refractivity contribution is 5.82. The van der Waals surface area contributed by atoms with Crippen molar-refractivity contribution >= 4 is 5.84 Å². The molecule has 2 rings (SSSR count). The van der Waals surface area contributed by atoms with Crippen LogP contribution in [0.3, 0.4) is 0 Å². The standard InChI is InChI=1S/C13H25N3O2/c1-18-12-4-2-3-11(9-12)16-7-5-10(6-8-16)13(14)15-17/h10-12,17H,2-9H2,1H3,(H2,14,15). The fraction of sp³-hybridized carbons (Fsp3) is 0.923.